The van der Waals surface area contributed by atoms with Crippen LogP contribution < -0.4 is 5.32 Å². The van der Waals surface area contributed by atoms with Crippen LogP contribution in [-0.4, -0.2) is 13.1 Å². The van der Waals surface area contributed by atoms with Crippen LogP contribution in [0.5, 0.6) is 0 Å². The maximum atomic E-state index is 3.60. The third kappa shape index (κ3) is 3.57. The van der Waals surface area contributed by atoms with Crippen molar-refractivity contribution in [2.24, 2.45) is 17.8 Å². The predicted octanol–water partition coefficient (Wildman–Crippen LogP) is 3.25. The summed E-state index contributed by atoms with van der Waals surface area (Å²) in [7, 11) is 0. The molecule has 2 unspecified atom stereocenters. The standard InChI is InChI=1S/C16H23N/c1-2-4-13(5-3-1)10-16-11-15(16)8-9-17-12-14-6-7-14/h1-5,14-17H,6-12H2. The van der Waals surface area contributed by atoms with Crippen LogP contribution in [0.2, 0.25) is 0 Å². The molecular formula is C16H23N. The molecule has 0 saturated heterocycles. The molecule has 0 aromatic heterocycles. The minimum Gasteiger partial charge on any atom is -0.316 e. The van der Waals surface area contributed by atoms with Crippen molar-refractivity contribution in [2.75, 3.05) is 13.1 Å². The molecule has 1 aromatic rings. The van der Waals surface area contributed by atoms with Crippen LogP contribution in [0.1, 0.15) is 31.2 Å². The predicted molar refractivity (Wildman–Crippen MR) is 72.0 cm³/mol. The van der Waals surface area contributed by atoms with Crippen LogP contribution in [0.25, 0.3) is 0 Å². The van der Waals surface area contributed by atoms with E-state index in [4.69, 9.17) is 0 Å². The fourth-order valence-corrected chi connectivity index (χ4v) is 2.75. The zero-order chi connectivity index (χ0) is 11.5. The Labute approximate surface area is 105 Å². The number of hydrogen-bond acceptors (Lipinski definition) is 1. The van der Waals surface area contributed by atoms with E-state index in [1.807, 2.05) is 0 Å². The molecular weight excluding hydrogens is 206 g/mol. The van der Waals surface area contributed by atoms with Crippen molar-refractivity contribution in [3.05, 3.63) is 35.9 Å². The summed E-state index contributed by atoms with van der Waals surface area (Å²) < 4.78 is 0. The summed E-state index contributed by atoms with van der Waals surface area (Å²) in [5.41, 5.74) is 1.52. The number of hydrogen-bond donors (Lipinski definition) is 1. The number of benzene rings is 1. The average Bonchev–Trinajstić information content (AvgIpc) is 3.23. The van der Waals surface area contributed by atoms with Gasteiger partial charge >= 0.3 is 0 Å². The molecule has 1 heteroatoms. The lowest BCUT2D eigenvalue weighted by Gasteiger charge is -2.03. The quantitative estimate of drug-likeness (QED) is 0.708. The van der Waals surface area contributed by atoms with E-state index in [9.17, 15) is 0 Å². The van der Waals surface area contributed by atoms with Crippen molar-refractivity contribution >= 4 is 0 Å². The van der Waals surface area contributed by atoms with E-state index < -0.39 is 0 Å². The van der Waals surface area contributed by atoms with Gasteiger partial charge in [0.2, 0.25) is 0 Å². The summed E-state index contributed by atoms with van der Waals surface area (Å²) in [5, 5.41) is 3.60. The van der Waals surface area contributed by atoms with Crippen LogP contribution in [0.4, 0.5) is 0 Å². The molecule has 0 bridgehead atoms. The summed E-state index contributed by atoms with van der Waals surface area (Å²) in [5.74, 6) is 3.00. The maximum Gasteiger partial charge on any atom is -0.00205 e. The lowest BCUT2D eigenvalue weighted by atomic mass is 10.1. The van der Waals surface area contributed by atoms with Gasteiger partial charge in [-0.1, -0.05) is 30.3 Å². The first-order valence-corrected chi connectivity index (χ1v) is 7.16. The van der Waals surface area contributed by atoms with Gasteiger partial charge in [-0.05, 0) is 68.5 Å². The first-order valence-electron chi connectivity index (χ1n) is 7.16. The normalized spacial score (nSPS) is 27.1. The fraction of sp³-hybridized carbons (Fsp3) is 0.625. The van der Waals surface area contributed by atoms with Crippen molar-refractivity contribution < 1.29 is 0 Å². The third-order valence-corrected chi connectivity index (χ3v) is 4.23. The summed E-state index contributed by atoms with van der Waals surface area (Å²) in [4.78, 5) is 0. The Hall–Kier alpha value is -0.820. The lowest BCUT2D eigenvalue weighted by molar-refractivity contribution is 0.563. The van der Waals surface area contributed by atoms with Gasteiger partial charge in [-0.2, -0.15) is 0 Å². The molecule has 3 rings (SSSR count). The SMILES string of the molecule is c1ccc(CC2CC2CCNCC2CC2)cc1. The fourth-order valence-electron chi connectivity index (χ4n) is 2.75. The smallest absolute Gasteiger partial charge is 0.00205 e. The van der Waals surface area contributed by atoms with E-state index in [0.717, 1.165) is 17.8 Å². The van der Waals surface area contributed by atoms with Crippen LogP contribution >= 0.6 is 0 Å². The molecule has 17 heavy (non-hydrogen) atoms. The van der Waals surface area contributed by atoms with E-state index in [0.29, 0.717) is 0 Å². The molecule has 1 nitrogen and oxygen atoms in total. The van der Waals surface area contributed by atoms with Crippen molar-refractivity contribution in [3.63, 3.8) is 0 Å². The second-order valence-corrected chi connectivity index (χ2v) is 5.88. The molecule has 2 atom stereocenters. The van der Waals surface area contributed by atoms with Crippen LogP contribution in [0, 0.1) is 17.8 Å². The van der Waals surface area contributed by atoms with Gasteiger partial charge in [0.1, 0.15) is 0 Å². The highest BCUT2D eigenvalue weighted by Crippen LogP contribution is 2.43. The number of nitrogens with one attached hydrogen (secondary N) is 1. The summed E-state index contributed by atoms with van der Waals surface area (Å²) >= 11 is 0. The monoisotopic (exact) mass is 229 g/mol. The van der Waals surface area contributed by atoms with E-state index in [2.05, 4.69) is 35.6 Å². The minimum absolute atomic E-state index is 0.972. The van der Waals surface area contributed by atoms with Crippen molar-refractivity contribution in [1.29, 1.82) is 0 Å². The van der Waals surface area contributed by atoms with Gasteiger partial charge in [0.25, 0.3) is 0 Å². The molecule has 2 saturated carbocycles. The first-order chi connectivity index (χ1) is 8.42. The van der Waals surface area contributed by atoms with Crippen molar-refractivity contribution in [3.8, 4) is 0 Å². The van der Waals surface area contributed by atoms with Gasteiger partial charge in [0, 0.05) is 0 Å². The van der Waals surface area contributed by atoms with E-state index in [1.165, 1.54) is 50.8 Å². The van der Waals surface area contributed by atoms with Gasteiger partial charge in [0.05, 0.1) is 0 Å². The zero-order valence-corrected chi connectivity index (χ0v) is 10.6. The molecule has 92 valence electrons. The molecule has 0 radical (unpaired) electrons. The van der Waals surface area contributed by atoms with Gasteiger partial charge in [0.15, 0.2) is 0 Å². The molecule has 0 spiro atoms. The molecule has 0 amide bonds. The number of rotatable bonds is 7. The van der Waals surface area contributed by atoms with E-state index in [-0.39, 0.29) is 0 Å². The molecule has 1 N–H and O–H groups in total. The minimum atomic E-state index is 0.972. The van der Waals surface area contributed by atoms with Crippen LogP contribution in [0.15, 0.2) is 30.3 Å². The molecule has 2 aliphatic carbocycles. The Morgan fingerprint density at radius 1 is 1.06 bits per heavy atom. The van der Waals surface area contributed by atoms with E-state index >= 15 is 0 Å². The molecule has 2 fully saturated rings. The summed E-state index contributed by atoms with van der Waals surface area (Å²) in [6.45, 7) is 2.52. The molecule has 2 aliphatic rings. The maximum absolute atomic E-state index is 3.60. The first kappa shape index (κ1) is 11.3. The highest BCUT2D eigenvalue weighted by atomic mass is 14.9. The zero-order valence-electron chi connectivity index (χ0n) is 10.6. The Morgan fingerprint density at radius 3 is 2.65 bits per heavy atom. The Bertz CT molecular complexity index is 342. The Balaban J connectivity index is 1.30. The highest BCUT2D eigenvalue weighted by Gasteiger charge is 2.35. The van der Waals surface area contributed by atoms with Gasteiger partial charge in [-0.15, -0.1) is 0 Å². The highest BCUT2D eigenvalue weighted by molar-refractivity contribution is 5.16. The van der Waals surface area contributed by atoms with Gasteiger partial charge < -0.3 is 5.32 Å². The van der Waals surface area contributed by atoms with Crippen molar-refractivity contribution in [2.45, 2.75) is 32.1 Å². The topological polar surface area (TPSA) is 12.0 Å². The lowest BCUT2D eigenvalue weighted by Crippen LogP contribution is -2.18. The second kappa shape index (κ2) is 5.22. The summed E-state index contributed by atoms with van der Waals surface area (Å²) in [6, 6.07) is 10.9. The van der Waals surface area contributed by atoms with Crippen molar-refractivity contribution in [1.82, 2.24) is 5.32 Å². The second-order valence-electron chi connectivity index (χ2n) is 5.88. The van der Waals surface area contributed by atoms with Gasteiger partial charge in [-0.25, -0.2) is 0 Å². The van der Waals surface area contributed by atoms with Crippen LogP contribution in [0.3, 0.4) is 0 Å². The van der Waals surface area contributed by atoms with Crippen LogP contribution in [-0.2, 0) is 6.42 Å². The Morgan fingerprint density at radius 2 is 1.88 bits per heavy atom. The largest absolute Gasteiger partial charge is 0.316 e. The molecule has 1 aromatic carbocycles. The Kier molecular flexibility index (Phi) is 3.46. The summed E-state index contributed by atoms with van der Waals surface area (Å²) in [6.07, 6.45) is 7.08. The van der Waals surface area contributed by atoms with E-state index in [1.54, 1.807) is 0 Å². The third-order valence-electron chi connectivity index (χ3n) is 4.23. The average molecular weight is 229 g/mol. The molecule has 0 heterocycles. The van der Waals surface area contributed by atoms with Gasteiger partial charge in [-0.3, -0.25) is 0 Å². The molecule has 0 aliphatic heterocycles.